The van der Waals surface area contributed by atoms with E-state index in [1.807, 2.05) is 52.4 Å². The van der Waals surface area contributed by atoms with Gasteiger partial charge < -0.3 is 9.80 Å². The molecule has 28 heavy (non-hydrogen) atoms. The van der Waals surface area contributed by atoms with Crippen LogP contribution in [-0.2, 0) is 11.3 Å². The number of rotatable bonds is 5. The molecule has 0 atom stereocenters. The van der Waals surface area contributed by atoms with Gasteiger partial charge in [-0.05, 0) is 61.6 Å². The van der Waals surface area contributed by atoms with Crippen molar-refractivity contribution in [2.24, 2.45) is 5.92 Å². The van der Waals surface area contributed by atoms with Gasteiger partial charge in [-0.25, -0.2) is 0 Å². The fourth-order valence-corrected chi connectivity index (χ4v) is 4.06. The van der Waals surface area contributed by atoms with Crippen LogP contribution >= 0.6 is 15.9 Å². The van der Waals surface area contributed by atoms with Crippen LogP contribution in [0.3, 0.4) is 0 Å². The summed E-state index contributed by atoms with van der Waals surface area (Å²) < 4.78 is 0.960. The number of benzene rings is 1. The van der Waals surface area contributed by atoms with Gasteiger partial charge in [-0.15, -0.1) is 0 Å². The van der Waals surface area contributed by atoms with Crippen molar-refractivity contribution in [3.05, 3.63) is 64.4 Å². The van der Waals surface area contributed by atoms with Crippen molar-refractivity contribution in [1.82, 2.24) is 14.8 Å². The Kier molecular flexibility index (Phi) is 5.76. The van der Waals surface area contributed by atoms with E-state index in [4.69, 9.17) is 0 Å². The van der Waals surface area contributed by atoms with Crippen LogP contribution < -0.4 is 0 Å². The number of aromatic nitrogens is 1. The van der Waals surface area contributed by atoms with E-state index in [0.29, 0.717) is 31.2 Å². The molecular formula is C22H24BrN3O2. The zero-order chi connectivity index (χ0) is 19.5. The fourth-order valence-electron chi connectivity index (χ4n) is 3.80. The lowest BCUT2D eigenvalue weighted by molar-refractivity contribution is -0.138. The molecule has 6 heteroatoms. The van der Waals surface area contributed by atoms with Gasteiger partial charge >= 0.3 is 0 Å². The van der Waals surface area contributed by atoms with E-state index in [9.17, 15) is 9.59 Å². The molecule has 0 spiro atoms. The van der Waals surface area contributed by atoms with Crippen LogP contribution in [0.5, 0.6) is 0 Å². The number of pyridine rings is 1. The van der Waals surface area contributed by atoms with E-state index in [2.05, 4.69) is 20.9 Å². The molecule has 0 N–H and O–H groups in total. The molecule has 2 fully saturated rings. The summed E-state index contributed by atoms with van der Waals surface area (Å²) in [5.41, 5.74) is 1.77. The molecule has 2 amide bonds. The van der Waals surface area contributed by atoms with E-state index < -0.39 is 0 Å². The summed E-state index contributed by atoms with van der Waals surface area (Å²) in [6.45, 7) is 1.91. The van der Waals surface area contributed by atoms with Crippen molar-refractivity contribution < 1.29 is 9.59 Å². The normalized spacial score (nSPS) is 17.4. The molecule has 1 aliphatic carbocycles. The maximum Gasteiger partial charge on any atom is 0.253 e. The summed E-state index contributed by atoms with van der Waals surface area (Å²) in [5, 5.41) is 0. The third kappa shape index (κ3) is 4.43. The smallest absolute Gasteiger partial charge is 0.253 e. The van der Waals surface area contributed by atoms with Gasteiger partial charge in [0.1, 0.15) is 0 Å². The average molecular weight is 442 g/mol. The highest BCUT2D eigenvalue weighted by Gasteiger charge is 2.37. The van der Waals surface area contributed by atoms with Crippen molar-refractivity contribution in [2.75, 3.05) is 13.1 Å². The van der Waals surface area contributed by atoms with Crippen LogP contribution in [0.25, 0.3) is 0 Å². The van der Waals surface area contributed by atoms with E-state index >= 15 is 0 Å². The van der Waals surface area contributed by atoms with Gasteiger partial charge in [0, 0.05) is 54.0 Å². The summed E-state index contributed by atoms with van der Waals surface area (Å²) in [6, 6.07) is 11.8. The lowest BCUT2D eigenvalue weighted by Gasteiger charge is -2.34. The predicted octanol–water partition coefficient (Wildman–Crippen LogP) is 3.89. The van der Waals surface area contributed by atoms with Crippen molar-refractivity contribution >= 4 is 27.7 Å². The van der Waals surface area contributed by atoms with E-state index in [-0.39, 0.29) is 17.7 Å². The number of amides is 2. The van der Waals surface area contributed by atoms with Crippen LogP contribution in [0, 0.1) is 5.92 Å². The molecule has 0 radical (unpaired) electrons. The summed E-state index contributed by atoms with van der Waals surface area (Å²) in [4.78, 5) is 33.9. The van der Waals surface area contributed by atoms with E-state index in [0.717, 1.165) is 35.7 Å². The first-order valence-corrected chi connectivity index (χ1v) is 10.7. The second-order valence-corrected chi connectivity index (χ2v) is 8.55. The van der Waals surface area contributed by atoms with Crippen LogP contribution in [-0.4, -0.2) is 45.7 Å². The van der Waals surface area contributed by atoms with Crippen LogP contribution in [0.1, 0.15) is 41.6 Å². The Morgan fingerprint density at radius 2 is 1.79 bits per heavy atom. The monoisotopic (exact) mass is 441 g/mol. The van der Waals surface area contributed by atoms with Gasteiger partial charge in [-0.3, -0.25) is 14.6 Å². The maximum absolute atomic E-state index is 13.2. The number of carbonyl (C=O) groups is 2. The van der Waals surface area contributed by atoms with Crippen molar-refractivity contribution in [2.45, 2.75) is 38.3 Å². The van der Waals surface area contributed by atoms with E-state index in [1.54, 1.807) is 6.20 Å². The van der Waals surface area contributed by atoms with Gasteiger partial charge in [0.25, 0.3) is 5.91 Å². The molecule has 2 aromatic rings. The van der Waals surface area contributed by atoms with Crippen LogP contribution in [0.2, 0.25) is 0 Å². The second-order valence-electron chi connectivity index (χ2n) is 7.63. The Bertz CT molecular complexity index is 829. The lowest BCUT2D eigenvalue weighted by atomic mass is 9.94. The number of hydrogen-bond donors (Lipinski definition) is 0. The average Bonchev–Trinajstić information content (AvgIpc) is 3.58. The third-order valence-corrected chi connectivity index (χ3v) is 6.10. The zero-order valence-electron chi connectivity index (χ0n) is 15.8. The SMILES string of the molecule is O=C(c1ccc(Br)cc1)N1CCC(C(=O)N(Cc2cccnc2)C2CC2)CC1. The van der Waals surface area contributed by atoms with Crippen molar-refractivity contribution in [3.8, 4) is 0 Å². The summed E-state index contributed by atoms with van der Waals surface area (Å²) in [7, 11) is 0. The minimum atomic E-state index is 0.00578. The minimum Gasteiger partial charge on any atom is -0.339 e. The van der Waals surface area contributed by atoms with Gasteiger partial charge in [0.2, 0.25) is 5.91 Å². The summed E-state index contributed by atoms with van der Waals surface area (Å²) in [5.74, 6) is 0.293. The summed E-state index contributed by atoms with van der Waals surface area (Å²) in [6.07, 6.45) is 7.24. The Hall–Kier alpha value is -2.21. The Balaban J connectivity index is 1.36. The Labute approximate surface area is 173 Å². The fraction of sp³-hybridized carbons (Fsp3) is 0.409. The Morgan fingerprint density at radius 3 is 2.39 bits per heavy atom. The predicted molar refractivity (Wildman–Crippen MR) is 111 cm³/mol. The molecule has 0 bridgehead atoms. The maximum atomic E-state index is 13.2. The topological polar surface area (TPSA) is 53.5 Å². The van der Waals surface area contributed by atoms with Gasteiger partial charge in [0.05, 0.1) is 0 Å². The molecule has 2 aliphatic rings. The molecule has 4 rings (SSSR count). The third-order valence-electron chi connectivity index (χ3n) is 5.57. The van der Waals surface area contributed by atoms with E-state index in [1.165, 1.54) is 0 Å². The van der Waals surface area contributed by atoms with Gasteiger partial charge in [0.15, 0.2) is 0 Å². The molecule has 146 valence electrons. The lowest BCUT2D eigenvalue weighted by Crippen LogP contribution is -2.44. The van der Waals surface area contributed by atoms with Crippen molar-refractivity contribution in [3.63, 3.8) is 0 Å². The molecule has 0 unspecified atom stereocenters. The molecule has 1 aromatic carbocycles. The molecular weight excluding hydrogens is 418 g/mol. The van der Waals surface area contributed by atoms with Crippen LogP contribution in [0.15, 0.2) is 53.3 Å². The standard InChI is InChI=1S/C22H24BrN3O2/c23-19-5-3-17(4-6-19)21(27)25-12-9-18(10-13-25)22(28)26(20-7-8-20)15-16-2-1-11-24-14-16/h1-6,11,14,18,20H,7-10,12-13,15H2. The number of nitrogens with zero attached hydrogens (tertiary/aromatic N) is 3. The zero-order valence-corrected chi connectivity index (χ0v) is 17.3. The molecule has 1 saturated carbocycles. The number of halogens is 1. The van der Waals surface area contributed by atoms with Gasteiger partial charge in [-0.2, -0.15) is 0 Å². The molecule has 2 heterocycles. The van der Waals surface area contributed by atoms with Gasteiger partial charge in [-0.1, -0.05) is 22.0 Å². The highest BCUT2D eigenvalue weighted by molar-refractivity contribution is 9.10. The van der Waals surface area contributed by atoms with Crippen molar-refractivity contribution in [1.29, 1.82) is 0 Å². The second kappa shape index (κ2) is 8.43. The highest BCUT2D eigenvalue weighted by Crippen LogP contribution is 2.32. The minimum absolute atomic E-state index is 0.00578. The largest absolute Gasteiger partial charge is 0.339 e. The Morgan fingerprint density at radius 1 is 1.07 bits per heavy atom. The first-order valence-electron chi connectivity index (χ1n) is 9.86. The molecule has 1 aliphatic heterocycles. The quantitative estimate of drug-likeness (QED) is 0.706. The number of likely N-dealkylation sites (tertiary alicyclic amines) is 1. The molecule has 5 nitrogen and oxygen atoms in total. The first-order chi connectivity index (χ1) is 13.6. The summed E-state index contributed by atoms with van der Waals surface area (Å²) >= 11 is 3.40. The van der Waals surface area contributed by atoms with Crippen LogP contribution in [0.4, 0.5) is 0 Å². The highest BCUT2D eigenvalue weighted by atomic mass is 79.9. The number of hydrogen-bond acceptors (Lipinski definition) is 3. The first kappa shape index (κ1) is 19.1. The number of piperidine rings is 1. The number of carbonyl (C=O) groups excluding carboxylic acids is 2. The molecule has 1 saturated heterocycles. The molecule has 1 aromatic heterocycles.